The first-order valence-electron chi connectivity index (χ1n) is 7.30. The molecule has 0 unspecified atom stereocenters. The molecule has 22 heavy (non-hydrogen) atoms. The quantitative estimate of drug-likeness (QED) is 0.743. The molecule has 2 aromatic heterocycles. The van der Waals surface area contributed by atoms with Crippen LogP contribution in [0.2, 0.25) is 0 Å². The fourth-order valence-corrected chi connectivity index (χ4v) is 2.91. The Bertz CT molecular complexity index is 883. The lowest BCUT2D eigenvalue weighted by atomic mass is 9.99. The molecule has 0 saturated heterocycles. The van der Waals surface area contributed by atoms with E-state index in [0.717, 1.165) is 27.7 Å². The highest BCUT2D eigenvalue weighted by Gasteiger charge is 2.20. The van der Waals surface area contributed by atoms with Crippen LogP contribution in [0.5, 0.6) is 5.75 Å². The lowest BCUT2D eigenvalue weighted by Crippen LogP contribution is -2.22. The van der Waals surface area contributed by atoms with Gasteiger partial charge < -0.3 is 9.30 Å². The highest BCUT2D eigenvalue weighted by atomic mass is 16.5. The lowest BCUT2D eigenvalue weighted by molar-refractivity contribution is 0.406. The van der Waals surface area contributed by atoms with Crippen LogP contribution in [0.3, 0.4) is 0 Å². The van der Waals surface area contributed by atoms with E-state index in [9.17, 15) is 4.79 Å². The second kappa shape index (κ2) is 5.64. The van der Waals surface area contributed by atoms with Gasteiger partial charge in [-0.15, -0.1) is 0 Å². The minimum atomic E-state index is -0.122. The first-order chi connectivity index (χ1) is 10.7. The molecule has 0 amide bonds. The van der Waals surface area contributed by atoms with Crippen molar-refractivity contribution in [1.82, 2.24) is 9.55 Å². The van der Waals surface area contributed by atoms with E-state index in [1.54, 1.807) is 10.8 Å². The van der Waals surface area contributed by atoms with Gasteiger partial charge in [0.1, 0.15) is 0 Å². The van der Waals surface area contributed by atoms with Crippen LogP contribution in [0, 0.1) is 6.92 Å². The summed E-state index contributed by atoms with van der Waals surface area (Å²) in [6.45, 7) is 4.60. The number of benzene rings is 1. The number of hydrogen-bond donors (Lipinski definition) is 0. The molecular weight excluding hydrogens is 276 g/mol. The van der Waals surface area contributed by atoms with Crippen molar-refractivity contribution >= 4 is 10.9 Å². The van der Waals surface area contributed by atoms with Crippen molar-refractivity contribution in [3.05, 3.63) is 58.5 Å². The largest absolute Gasteiger partial charge is 0.491 e. The number of fused-ring (bicyclic) bond motifs is 1. The normalized spacial score (nSPS) is 10.9. The van der Waals surface area contributed by atoms with E-state index in [0.29, 0.717) is 12.3 Å². The second-order valence-electron chi connectivity index (χ2n) is 5.14. The summed E-state index contributed by atoms with van der Waals surface area (Å²) in [5, 5.41) is 1.01. The van der Waals surface area contributed by atoms with Crippen molar-refractivity contribution in [2.45, 2.75) is 20.4 Å². The smallest absolute Gasteiger partial charge is 0.294 e. The van der Waals surface area contributed by atoms with Crippen molar-refractivity contribution in [1.29, 1.82) is 0 Å². The lowest BCUT2D eigenvalue weighted by Gasteiger charge is -2.17. The van der Waals surface area contributed by atoms with Crippen LogP contribution in [-0.2, 0) is 6.54 Å². The summed E-state index contributed by atoms with van der Waals surface area (Å²) in [5.74, 6) is 0.349. The van der Waals surface area contributed by atoms with Crippen LogP contribution in [0.15, 0.2) is 47.4 Å². The third kappa shape index (κ3) is 2.08. The van der Waals surface area contributed by atoms with Gasteiger partial charge in [-0.2, -0.15) is 0 Å². The number of nitrogens with zero attached hydrogens (tertiary/aromatic N) is 2. The summed E-state index contributed by atoms with van der Waals surface area (Å²) in [5.41, 5.74) is 3.40. The maximum absolute atomic E-state index is 12.8. The topological polar surface area (TPSA) is 44.1 Å². The fourth-order valence-electron chi connectivity index (χ4n) is 2.91. The van der Waals surface area contributed by atoms with E-state index in [4.69, 9.17) is 4.74 Å². The Morgan fingerprint density at radius 1 is 1.18 bits per heavy atom. The first-order valence-corrected chi connectivity index (χ1v) is 7.30. The van der Waals surface area contributed by atoms with Gasteiger partial charge in [0.25, 0.3) is 5.56 Å². The van der Waals surface area contributed by atoms with Crippen LogP contribution in [-0.4, -0.2) is 16.7 Å². The van der Waals surface area contributed by atoms with Gasteiger partial charge in [0, 0.05) is 18.1 Å². The molecule has 112 valence electrons. The number of ether oxygens (including phenoxy) is 1. The molecule has 4 heteroatoms. The third-order valence-corrected chi connectivity index (χ3v) is 3.90. The molecule has 3 aromatic rings. The van der Waals surface area contributed by atoms with Crippen LogP contribution in [0.4, 0.5) is 0 Å². The molecule has 0 saturated carbocycles. The van der Waals surface area contributed by atoms with Gasteiger partial charge in [0.15, 0.2) is 5.75 Å². The SMILES string of the molecule is CCn1c(=O)c(OC)c(-c2ccccn2)c2c(C)cccc21. The molecule has 0 fully saturated rings. The predicted molar refractivity (Wildman–Crippen MR) is 88.4 cm³/mol. The molecule has 0 spiro atoms. The molecule has 0 aliphatic rings. The van der Waals surface area contributed by atoms with E-state index in [2.05, 4.69) is 4.98 Å². The zero-order valence-electron chi connectivity index (χ0n) is 13.0. The van der Waals surface area contributed by atoms with Gasteiger partial charge >= 0.3 is 0 Å². The predicted octanol–water partition coefficient (Wildman–Crippen LogP) is 3.40. The zero-order chi connectivity index (χ0) is 15.7. The Morgan fingerprint density at radius 2 is 2.00 bits per heavy atom. The van der Waals surface area contributed by atoms with E-state index in [1.807, 2.05) is 50.2 Å². The Hall–Kier alpha value is -2.62. The van der Waals surface area contributed by atoms with Crippen LogP contribution in [0.25, 0.3) is 22.2 Å². The average Bonchev–Trinajstić information content (AvgIpc) is 2.55. The van der Waals surface area contributed by atoms with E-state index < -0.39 is 0 Å². The van der Waals surface area contributed by atoms with E-state index >= 15 is 0 Å². The Balaban J connectivity index is 2.57. The number of pyridine rings is 2. The minimum Gasteiger partial charge on any atom is -0.491 e. The van der Waals surface area contributed by atoms with Crippen molar-refractivity contribution < 1.29 is 4.74 Å². The molecule has 0 aliphatic heterocycles. The van der Waals surface area contributed by atoms with E-state index in [-0.39, 0.29) is 5.56 Å². The monoisotopic (exact) mass is 294 g/mol. The molecule has 4 nitrogen and oxygen atoms in total. The maximum Gasteiger partial charge on any atom is 0.294 e. The second-order valence-corrected chi connectivity index (χ2v) is 5.14. The van der Waals surface area contributed by atoms with Crippen molar-refractivity contribution in [2.75, 3.05) is 7.11 Å². The molecule has 2 heterocycles. The first kappa shape index (κ1) is 14.3. The fraction of sp³-hybridized carbons (Fsp3) is 0.222. The summed E-state index contributed by atoms with van der Waals surface area (Å²) in [6, 6.07) is 11.7. The summed E-state index contributed by atoms with van der Waals surface area (Å²) < 4.78 is 7.21. The Kier molecular flexibility index (Phi) is 3.67. The molecule has 0 bridgehead atoms. The Morgan fingerprint density at radius 3 is 2.64 bits per heavy atom. The Labute approximate surface area is 129 Å². The molecule has 0 N–H and O–H groups in total. The maximum atomic E-state index is 12.8. The molecule has 1 aromatic carbocycles. The van der Waals surface area contributed by atoms with Crippen LogP contribution >= 0.6 is 0 Å². The molecule has 0 aliphatic carbocycles. The standard InChI is InChI=1S/C18H18N2O2/c1-4-20-14-10-7-8-12(2)15(14)16(17(22-3)18(20)21)13-9-5-6-11-19-13/h5-11H,4H2,1-3H3. The van der Waals surface area contributed by atoms with Crippen LogP contribution < -0.4 is 10.3 Å². The van der Waals surface area contributed by atoms with Gasteiger partial charge in [0.2, 0.25) is 0 Å². The van der Waals surface area contributed by atoms with Gasteiger partial charge in [-0.3, -0.25) is 9.78 Å². The highest BCUT2D eigenvalue weighted by molar-refractivity contribution is 5.99. The van der Waals surface area contributed by atoms with Gasteiger partial charge in [-0.1, -0.05) is 18.2 Å². The number of aryl methyl sites for hydroxylation is 2. The highest BCUT2D eigenvalue weighted by Crippen LogP contribution is 2.35. The average molecular weight is 294 g/mol. The van der Waals surface area contributed by atoms with Gasteiger partial charge in [-0.05, 0) is 37.6 Å². The third-order valence-electron chi connectivity index (χ3n) is 3.90. The van der Waals surface area contributed by atoms with Crippen molar-refractivity contribution in [3.63, 3.8) is 0 Å². The summed E-state index contributed by atoms with van der Waals surface area (Å²) >= 11 is 0. The molecular formula is C18H18N2O2. The number of methoxy groups -OCH3 is 1. The molecule has 0 radical (unpaired) electrons. The van der Waals surface area contributed by atoms with Gasteiger partial charge in [0.05, 0.1) is 23.9 Å². The summed E-state index contributed by atoms with van der Waals surface area (Å²) in [6.07, 6.45) is 1.73. The van der Waals surface area contributed by atoms with Crippen LogP contribution in [0.1, 0.15) is 12.5 Å². The number of aromatic nitrogens is 2. The van der Waals surface area contributed by atoms with Crippen molar-refractivity contribution in [2.24, 2.45) is 0 Å². The van der Waals surface area contributed by atoms with E-state index in [1.165, 1.54) is 7.11 Å². The zero-order valence-corrected chi connectivity index (χ0v) is 13.0. The van der Waals surface area contributed by atoms with Gasteiger partial charge in [-0.25, -0.2) is 0 Å². The number of rotatable bonds is 3. The molecule has 3 rings (SSSR count). The number of hydrogen-bond acceptors (Lipinski definition) is 3. The molecule has 0 atom stereocenters. The van der Waals surface area contributed by atoms with Crippen molar-refractivity contribution in [3.8, 4) is 17.0 Å². The summed E-state index contributed by atoms with van der Waals surface area (Å²) in [4.78, 5) is 17.2. The minimum absolute atomic E-state index is 0.122. The summed E-state index contributed by atoms with van der Waals surface area (Å²) in [7, 11) is 1.54.